The van der Waals surface area contributed by atoms with E-state index in [1.807, 2.05) is 0 Å². The summed E-state index contributed by atoms with van der Waals surface area (Å²) in [4.78, 5) is 0. The maximum absolute atomic E-state index is 11.1. The lowest BCUT2D eigenvalue weighted by molar-refractivity contribution is -0.151. The molecular formula is C18H25NO. The molecule has 108 valence electrons. The van der Waals surface area contributed by atoms with Crippen LogP contribution in [0.5, 0.6) is 0 Å². The zero-order chi connectivity index (χ0) is 13.7. The van der Waals surface area contributed by atoms with Gasteiger partial charge in [-0.2, -0.15) is 0 Å². The number of aliphatic hydroxyl groups is 1. The van der Waals surface area contributed by atoms with E-state index in [4.69, 9.17) is 0 Å². The van der Waals surface area contributed by atoms with Crippen molar-refractivity contribution in [2.45, 2.75) is 56.7 Å². The third kappa shape index (κ3) is 2.01. The molecule has 0 amide bonds. The highest BCUT2D eigenvalue weighted by Gasteiger charge is 2.56. The molecule has 20 heavy (non-hydrogen) atoms. The van der Waals surface area contributed by atoms with E-state index in [1.165, 1.54) is 24.8 Å². The van der Waals surface area contributed by atoms with Crippen molar-refractivity contribution in [3.05, 3.63) is 35.9 Å². The van der Waals surface area contributed by atoms with Crippen LogP contribution in [0.3, 0.4) is 0 Å². The molecule has 0 radical (unpaired) electrons. The van der Waals surface area contributed by atoms with Crippen LogP contribution in [0.4, 0.5) is 0 Å². The van der Waals surface area contributed by atoms with Crippen molar-refractivity contribution >= 4 is 0 Å². The highest BCUT2D eigenvalue weighted by atomic mass is 16.3. The summed E-state index contributed by atoms with van der Waals surface area (Å²) in [6.45, 7) is 2.23. The summed E-state index contributed by atoms with van der Waals surface area (Å²) in [6.07, 6.45) is 6.09. The first-order chi connectivity index (χ1) is 9.64. The zero-order valence-corrected chi connectivity index (χ0v) is 12.3. The third-order valence-electron chi connectivity index (χ3n) is 6.00. The second-order valence-corrected chi connectivity index (χ2v) is 7.49. The first-order valence-corrected chi connectivity index (χ1v) is 8.17. The summed E-state index contributed by atoms with van der Waals surface area (Å²) in [6, 6.07) is 11.2. The van der Waals surface area contributed by atoms with Crippen molar-refractivity contribution in [3.63, 3.8) is 0 Å². The predicted octanol–water partition coefficient (Wildman–Crippen LogP) is 3.28. The van der Waals surface area contributed by atoms with Crippen LogP contribution < -0.4 is 5.32 Å². The molecule has 0 heterocycles. The lowest BCUT2D eigenvalue weighted by atomic mass is 9.52. The number of hydrogen-bond donors (Lipinski definition) is 2. The second kappa shape index (κ2) is 4.57. The molecule has 4 aliphatic carbocycles. The topological polar surface area (TPSA) is 32.3 Å². The lowest BCUT2D eigenvalue weighted by Crippen LogP contribution is -2.65. The van der Waals surface area contributed by atoms with Gasteiger partial charge in [0.25, 0.3) is 0 Å². The maximum Gasteiger partial charge on any atom is 0.0808 e. The van der Waals surface area contributed by atoms with Gasteiger partial charge in [0.05, 0.1) is 5.60 Å². The van der Waals surface area contributed by atoms with Crippen molar-refractivity contribution in [3.8, 4) is 0 Å². The van der Waals surface area contributed by atoms with E-state index >= 15 is 0 Å². The Morgan fingerprint density at radius 1 is 1.10 bits per heavy atom. The third-order valence-corrected chi connectivity index (χ3v) is 6.00. The van der Waals surface area contributed by atoms with Gasteiger partial charge in [0.2, 0.25) is 0 Å². The van der Waals surface area contributed by atoms with E-state index in [2.05, 4.69) is 42.6 Å². The van der Waals surface area contributed by atoms with Crippen molar-refractivity contribution < 1.29 is 5.11 Å². The van der Waals surface area contributed by atoms with Gasteiger partial charge >= 0.3 is 0 Å². The molecule has 0 saturated heterocycles. The molecule has 0 spiro atoms. The van der Waals surface area contributed by atoms with Crippen LogP contribution in [0.25, 0.3) is 0 Å². The molecule has 4 atom stereocenters. The predicted molar refractivity (Wildman–Crippen MR) is 80.3 cm³/mol. The summed E-state index contributed by atoms with van der Waals surface area (Å²) in [5.74, 6) is 2.28. The Morgan fingerprint density at radius 2 is 1.75 bits per heavy atom. The summed E-state index contributed by atoms with van der Waals surface area (Å²) in [5.41, 5.74) is 0.891. The summed E-state index contributed by atoms with van der Waals surface area (Å²) >= 11 is 0. The molecule has 4 fully saturated rings. The fourth-order valence-electron chi connectivity index (χ4n) is 5.40. The first-order valence-electron chi connectivity index (χ1n) is 8.17. The molecular weight excluding hydrogens is 246 g/mol. The standard InChI is InChI=1S/C18H25NO/c1-12(15-5-3-2-4-6-15)19-17-16-8-13-7-14(9-16)11-18(17,20)10-13/h2-6,12-14,16-17,19-20H,7-11H2,1H3. The van der Waals surface area contributed by atoms with Gasteiger partial charge in [-0.25, -0.2) is 0 Å². The molecule has 1 aromatic carbocycles. The summed E-state index contributed by atoms with van der Waals surface area (Å²) in [5, 5.41) is 14.9. The van der Waals surface area contributed by atoms with Crippen LogP contribution in [-0.4, -0.2) is 16.7 Å². The largest absolute Gasteiger partial charge is 0.388 e. The summed E-state index contributed by atoms with van der Waals surface area (Å²) in [7, 11) is 0. The Morgan fingerprint density at radius 3 is 2.35 bits per heavy atom. The highest BCUT2D eigenvalue weighted by Crippen LogP contribution is 2.55. The van der Waals surface area contributed by atoms with Gasteiger partial charge < -0.3 is 10.4 Å². The fraction of sp³-hybridized carbons (Fsp3) is 0.667. The van der Waals surface area contributed by atoms with Crippen LogP contribution in [0, 0.1) is 17.8 Å². The van der Waals surface area contributed by atoms with Crippen LogP contribution in [0.15, 0.2) is 30.3 Å². The van der Waals surface area contributed by atoms with E-state index in [9.17, 15) is 5.11 Å². The monoisotopic (exact) mass is 271 g/mol. The fourth-order valence-corrected chi connectivity index (χ4v) is 5.40. The highest BCUT2D eigenvalue weighted by molar-refractivity contribution is 5.19. The second-order valence-electron chi connectivity index (χ2n) is 7.49. The zero-order valence-electron chi connectivity index (χ0n) is 12.3. The van der Waals surface area contributed by atoms with Crippen molar-refractivity contribution in [1.82, 2.24) is 5.32 Å². The maximum atomic E-state index is 11.1. The van der Waals surface area contributed by atoms with E-state index in [1.54, 1.807) is 0 Å². The van der Waals surface area contributed by atoms with Crippen LogP contribution >= 0.6 is 0 Å². The Bertz CT molecular complexity index is 471. The summed E-state index contributed by atoms with van der Waals surface area (Å²) < 4.78 is 0. The SMILES string of the molecule is CC(NC1C2CC3CC(C2)CC1(O)C3)c1ccccc1. The van der Waals surface area contributed by atoms with Gasteiger partial charge in [-0.1, -0.05) is 30.3 Å². The van der Waals surface area contributed by atoms with Crippen molar-refractivity contribution in [1.29, 1.82) is 0 Å². The molecule has 4 saturated carbocycles. The normalized spacial score (nSPS) is 43.7. The molecule has 2 heteroatoms. The molecule has 1 aromatic rings. The van der Waals surface area contributed by atoms with E-state index in [0.717, 1.165) is 24.7 Å². The molecule has 4 unspecified atom stereocenters. The van der Waals surface area contributed by atoms with E-state index in [-0.39, 0.29) is 0 Å². The number of hydrogen-bond acceptors (Lipinski definition) is 2. The molecule has 5 rings (SSSR count). The molecule has 0 aromatic heterocycles. The number of rotatable bonds is 3. The molecule has 4 aliphatic rings. The Hall–Kier alpha value is -0.860. The number of benzene rings is 1. The minimum atomic E-state index is -0.433. The van der Waals surface area contributed by atoms with Gasteiger partial charge in [-0.05, 0) is 62.3 Å². The van der Waals surface area contributed by atoms with Gasteiger partial charge in [0.1, 0.15) is 0 Å². The molecule has 4 bridgehead atoms. The van der Waals surface area contributed by atoms with Gasteiger partial charge in [0.15, 0.2) is 0 Å². The van der Waals surface area contributed by atoms with Gasteiger partial charge in [-0.3, -0.25) is 0 Å². The average molecular weight is 271 g/mol. The van der Waals surface area contributed by atoms with Crippen LogP contribution in [0.1, 0.15) is 50.6 Å². The van der Waals surface area contributed by atoms with Crippen molar-refractivity contribution in [2.75, 3.05) is 0 Å². The molecule has 2 N–H and O–H groups in total. The smallest absolute Gasteiger partial charge is 0.0808 e. The Balaban J connectivity index is 1.54. The minimum absolute atomic E-state index is 0.297. The number of nitrogens with one attached hydrogen (secondary N) is 1. The molecule has 0 aliphatic heterocycles. The Labute approximate surface area is 121 Å². The Kier molecular flexibility index (Phi) is 2.94. The van der Waals surface area contributed by atoms with Gasteiger partial charge in [-0.15, -0.1) is 0 Å². The quantitative estimate of drug-likeness (QED) is 0.884. The van der Waals surface area contributed by atoms with Crippen LogP contribution in [0.2, 0.25) is 0 Å². The lowest BCUT2D eigenvalue weighted by Gasteiger charge is -2.59. The molecule has 2 nitrogen and oxygen atoms in total. The van der Waals surface area contributed by atoms with Crippen LogP contribution in [-0.2, 0) is 0 Å². The first kappa shape index (κ1) is 12.8. The minimum Gasteiger partial charge on any atom is -0.388 e. The van der Waals surface area contributed by atoms with E-state index < -0.39 is 5.60 Å². The van der Waals surface area contributed by atoms with Crippen molar-refractivity contribution in [2.24, 2.45) is 17.8 Å². The van der Waals surface area contributed by atoms with E-state index in [0.29, 0.717) is 18.0 Å². The van der Waals surface area contributed by atoms with Gasteiger partial charge in [0, 0.05) is 12.1 Å². The average Bonchev–Trinajstić information content (AvgIpc) is 2.42.